The molecule has 0 radical (unpaired) electrons. The summed E-state index contributed by atoms with van der Waals surface area (Å²) in [7, 11) is 0. The van der Waals surface area contributed by atoms with E-state index in [1.54, 1.807) is 0 Å². The number of carbonyl (C=O) groups is 1. The molecular formula is C19H25N3O3. The lowest BCUT2D eigenvalue weighted by atomic mass is 10.1. The first-order valence-electron chi connectivity index (χ1n) is 8.91. The third-order valence-corrected chi connectivity index (χ3v) is 4.57. The lowest BCUT2D eigenvalue weighted by Gasteiger charge is -2.23. The number of aromatic nitrogens is 2. The molecule has 1 saturated heterocycles. The lowest BCUT2D eigenvalue weighted by Crippen LogP contribution is -2.35. The number of hydrogen-bond donors (Lipinski definition) is 0. The van der Waals surface area contributed by atoms with Gasteiger partial charge >= 0.3 is 0 Å². The van der Waals surface area contributed by atoms with Crippen LogP contribution in [0.5, 0.6) is 0 Å². The van der Waals surface area contributed by atoms with E-state index in [9.17, 15) is 4.79 Å². The van der Waals surface area contributed by atoms with E-state index in [1.807, 2.05) is 43.0 Å². The van der Waals surface area contributed by atoms with Crippen LogP contribution in [0, 0.1) is 12.8 Å². The number of ether oxygens (including phenoxy) is 1. The normalized spacial score (nSPS) is 17.0. The first-order valence-corrected chi connectivity index (χ1v) is 8.91. The molecule has 0 spiro atoms. The van der Waals surface area contributed by atoms with Crippen LogP contribution in [0.25, 0.3) is 11.4 Å². The molecule has 0 aliphatic carbocycles. The zero-order valence-corrected chi connectivity index (χ0v) is 14.9. The molecule has 1 atom stereocenters. The molecule has 25 heavy (non-hydrogen) atoms. The van der Waals surface area contributed by atoms with Gasteiger partial charge in [0.15, 0.2) is 0 Å². The highest BCUT2D eigenvalue weighted by atomic mass is 16.5. The predicted molar refractivity (Wildman–Crippen MR) is 94.0 cm³/mol. The van der Waals surface area contributed by atoms with Gasteiger partial charge in [-0.2, -0.15) is 4.98 Å². The van der Waals surface area contributed by atoms with Gasteiger partial charge in [-0.25, -0.2) is 0 Å². The van der Waals surface area contributed by atoms with Gasteiger partial charge in [0, 0.05) is 44.0 Å². The molecule has 1 aromatic carbocycles. The Hall–Kier alpha value is -2.21. The van der Waals surface area contributed by atoms with Crippen LogP contribution >= 0.6 is 0 Å². The van der Waals surface area contributed by atoms with Gasteiger partial charge in [0.25, 0.3) is 0 Å². The molecule has 0 bridgehead atoms. The van der Waals surface area contributed by atoms with Gasteiger partial charge in [-0.3, -0.25) is 4.79 Å². The summed E-state index contributed by atoms with van der Waals surface area (Å²) in [5, 5.41) is 4.01. The minimum Gasteiger partial charge on any atom is -0.381 e. The number of benzene rings is 1. The average molecular weight is 343 g/mol. The Morgan fingerprint density at radius 3 is 2.80 bits per heavy atom. The molecule has 1 fully saturated rings. The minimum absolute atomic E-state index is 0.129. The van der Waals surface area contributed by atoms with Crippen molar-refractivity contribution in [2.24, 2.45) is 5.92 Å². The van der Waals surface area contributed by atoms with Crippen molar-refractivity contribution < 1.29 is 14.1 Å². The van der Waals surface area contributed by atoms with Crippen LogP contribution in [0.2, 0.25) is 0 Å². The Bertz CT molecular complexity index is 690. The van der Waals surface area contributed by atoms with Crippen LogP contribution in [0.4, 0.5) is 0 Å². The Labute approximate surface area is 148 Å². The molecule has 0 N–H and O–H groups in total. The Morgan fingerprint density at radius 1 is 1.32 bits per heavy atom. The van der Waals surface area contributed by atoms with Gasteiger partial charge in [0.2, 0.25) is 17.6 Å². The quantitative estimate of drug-likeness (QED) is 0.773. The van der Waals surface area contributed by atoms with Gasteiger partial charge in [0.1, 0.15) is 0 Å². The van der Waals surface area contributed by atoms with E-state index in [4.69, 9.17) is 9.26 Å². The van der Waals surface area contributed by atoms with Crippen LogP contribution in [0.1, 0.15) is 31.2 Å². The van der Waals surface area contributed by atoms with Crippen LogP contribution in [0.3, 0.4) is 0 Å². The van der Waals surface area contributed by atoms with Crippen molar-refractivity contribution in [1.29, 1.82) is 0 Å². The van der Waals surface area contributed by atoms with Crippen LogP contribution in [-0.4, -0.2) is 47.3 Å². The van der Waals surface area contributed by atoms with Gasteiger partial charge < -0.3 is 14.2 Å². The minimum atomic E-state index is 0.129. The Morgan fingerprint density at radius 2 is 2.12 bits per heavy atom. The second-order valence-electron chi connectivity index (χ2n) is 6.54. The van der Waals surface area contributed by atoms with Gasteiger partial charge in [-0.05, 0) is 20.3 Å². The van der Waals surface area contributed by atoms with E-state index >= 15 is 0 Å². The summed E-state index contributed by atoms with van der Waals surface area (Å²) in [6, 6.07) is 7.97. The predicted octanol–water partition coefficient (Wildman–Crippen LogP) is 2.86. The van der Waals surface area contributed by atoms with E-state index < -0.39 is 0 Å². The van der Waals surface area contributed by atoms with Crippen molar-refractivity contribution in [1.82, 2.24) is 15.0 Å². The van der Waals surface area contributed by atoms with E-state index in [0.717, 1.165) is 31.7 Å². The highest BCUT2D eigenvalue weighted by Crippen LogP contribution is 2.18. The fraction of sp³-hybridized carbons (Fsp3) is 0.526. The zero-order valence-electron chi connectivity index (χ0n) is 14.9. The maximum atomic E-state index is 12.4. The molecule has 6 nitrogen and oxygen atoms in total. The van der Waals surface area contributed by atoms with E-state index in [0.29, 0.717) is 37.0 Å². The maximum absolute atomic E-state index is 12.4. The first-order chi connectivity index (χ1) is 12.2. The summed E-state index contributed by atoms with van der Waals surface area (Å²) in [5.41, 5.74) is 2.11. The van der Waals surface area contributed by atoms with E-state index in [1.165, 1.54) is 5.56 Å². The van der Waals surface area contributed by atoms with Crippen molar-refractivity contribution in [3.8, 4) is 11.4 Å². The highest BCUT2D eigenvalue weighted by molar-refractivity contribution is 5.76. The second kappa shape index (κ2) is 8.25. The van der Waals surface area contributed by atoms with Crippen molar-refractivity contribution in [2.45, 2.75) is 33.1 Å². The fourth-order valence-electron chi connectivity index (χ4n) is 2.99. The number of aryl methyl sites for hydroxylation is 2. The largest absolute Gasteiger partial charge is 0.381 e. The molecule has 1 aromatic heterocycles. The van der Waals surface area contributed by atoms with Gasteiger partial charge in [-0.15, -0.1) is 0 Å². The van der Waals surface area contributed by atoms with Crippen LogP contribution in [-0.2, 0) is 16.0 Å². The summed E-state index contributed by atoms with van der Waals surface area (Å²) >= 11 is 0. The molecule has 2 aromatic rings. The van der Waals surface area contributed by atoms with Crippen molar-refractivity contribution in [3.63, 3.8) is 0 Å². The van der Waals surface area contributed by atoms with Crippen LogP contribution < -0.4 is 0 Å². The topological polar surface area (TPSA) is 68.5 Å². The zero-order chi connectivity index (χ0) is 17.6. The third kappa shape index (κ3) is 4.66. The fourth-order valence-corrected chi connectivity index (χ4v) is 2.99. The number of hydrogen-bond acceptors (Lipinski definition) is 5. The summed E-state index contributed by atoms with van der Waals surface area (Å²) in [5.74, 6) is 1.66. The molecular weight excluding hydrogens is 318 g/mol. The molecule has 1 aliphatic heterocycles. The molecule has 1 aliphatic rings. The number of carbonyl (C=O) groups excluding carboxylic acids is 1. The van der Waals surface area contributed by atoms with Crippen molar-refractivity contribution in [3.05, 3.63) is 35.7 Å². The molecule has 1 amide bonds. The molecule has 1 unspecified atom stereocenters. The van der Waals surface area contributed by atoms with Gasteiger partial charge in [0.05, 0.1) is 6.61 Å². The smallest absolute Gasteiger partial charge is 0.227 e. The number of rotatable bonds is 7. The number of nitrogens with zero attached hydrogens (tertiary/aromatic N) is 3. The molecule has 134 valence electrons. The van der Waals surface area contributed by atoms with E-state index in [-0.39, 0.29) is 5.91 Å². The maximum Gasteiger partial charge on any atom is 0.227 e. The molecule has 0 saturated carbocycles. The first kappa shape index (κ1) is 17.6. The second-order valence-corrected chi connectivity index (χ2v) is 6.54. The lowest BCUT2D eigenvalue weighted by molar-refractivity contribution is -0.131. The molecule has 6 heteroatoms. The number of amides is 1. The SMILES string of the molecule is CCN(CC1CCOC1)C(=O)CCc1nc(-c2ccc(C)cc2)no1. The Kier molecular flexibility index (Phi) is 5.81. The third-order valence-electron chi connectivity index (χ3n) is 4.57. The summed E-state index contributed by atoms with van der Waals surface area (Å²) < 4.78 is 10.7. The highest BCUT2D eigenvalue weighted by Gasteiger charge is 2.22. The van der Waals surface area contributed by atoms with Crippen molar-refractivity contribution >= 4 is 5.91 Å². The van der Waals surface area contributed by atoms with Crippen molar-refractivity contribution in [2.75, 3.05) is 26.3 Å². The Balaban J connectivity index is 1.53. The van der Waals surface area contributed by atoms with Crippen LogP contribution in [0.15, 0.2) is 28.8 Å². The summed E-state index contributed by atoms with van der Waals surface area (Å²) in [4.78, 5) is 18.7. The van der Waals surface area contributed by atoms with E-state index in [2.05, 4.69) is 10.1 Å². The monoisotopic (exact) mass is 343 g/mol. The molecule has 3 rings (SSSR count). The van der Waals surface area contributed by atoms with Gasteiger partial charge in [-0.1, -0.05) is 35.0 Å². The average Bonchev–Trinajstić information content (AvgIpc) is 3.30. The summed E-state index contributed by atoms with van der Waals surface area (Å²) in [6.45, 7) is 7.10. The summed E-state index contributed by atoms with van der Waals surface area (Å²) in [6.07, 6.45) is 1.89. The standard InChI is InChI=1S/C19H25N3O3/c1-3-22(12-15-10-11-24-13-15)18(23)9-8-17-20-19(21-25-17)16-6-4-14(2)5-7-16/h4-7,15H,3,8-13H2,1-2H3. The molecule has 2 heterocycles.